The summed E-state index contributed by atoms with van der Waals surface area (Å²) in [5.41, 5.74) is 1.68. The summed E-state index contributed by atoms with van der Waals surface area (Å²) in [6.07, 6.45) is 2.66. The molecule has 2 amide bonds. The molecule has 1 aliphatic heterocycles. The number of hydrogen-bond acceptors (Lipinski definition) is 4. The third-order valence-corrected chi connectivity index (χ3v) is 3.83. The van der Waals surface area contributed by atoms with Gasteiger partial charge >= 0.3 is 0 Å². The summed E-state index contributed by atoms with van der Waals surface area (Å²) in [6.45, 7) is 3.71. The lowest BCUT2D eigenvalue weighted by atomic mass is 10.2. The van der Waals surface area contributed by atoms with Crippen LogP contribution in [0, 0.1) is 6.92 Å². The zero-order valence-electron chi connectivity index (χ0n) is 12.5. The molecule has 0 radical (unpaired) electrons. The first-order valence-electron chi connectivity index (χ1n) is 7.20. The molecule has 1 aromatic heterocycles. The van der Waals surface area contributed by atoms with E-state index in [4.69, 9.17) is 4.42 Å². The second-order valence-electron chi connectivity index (χ2n) is 5.41. The van der Waals surface area contributed by atoms with Crippen molar-refractivity contribution in [3.8, 4) is 0 Å². The highest BCUT2D eigenvalue weighted by molar-refractivity contribution is 6.04. The monoisotopic (exact) mass is 299 g/mol. The van der Waals surface area contributed by atoms with Gasteiger partial charge in [0.2, 0.25) is 5.91 Å². The topological polar surface area (TPSA) is 75.4 Å². The lowest BCUT2D eigenvalue weighted by Gasteiger charge is -2.22. The Hall–Kier alpha value is -2.63. The van der Waals surface area contributed by atoms with Crippen molar-refractivity contribution in [3.63, 3.8) is 0 Å². The highest BCUT2D eigenvalue weighted by atomic mass is 16.3. The lowest BCUT2D eigenvalue weighted by Crippen LogP contribution is -2.30. The number of anilines is 2. The normalized spacial score (nSPS) is 17.8. The van der Waals surface area contributed by atoms with Gasteiger partial charge < -0.3 is 14.6 Å². The molecule has 0 spiro atoms. The summed E-state index contributed by atoms with van der Waals surface area (Å²) in [5, 5.41) is 2.78. The number of nitrogens with zero attached hydrogens (tertiary/aromatic N) is 2. The number of nitrogens with one attached hydrogen (secondary N) is 1. The third-order valence-electron chi connectivity index (χ3n) is 3.83. The molecule has 1 fully saturated rings. The van der Waals surface area contributed by atoms with Crippen LogP contribution >= 0.6 is 0 Å². The maximum Gasteiger partial charge on any atom is 0.277 e. The van der Waals surface area contributed by atoms with Gasteiger partial charge in [-0.25, -0.2) is 4.98 Å². The molecule has 1 aromatic carbocycles. The average molecular weight is 299 g/mol. The van der Waals surface area contributed by atoms with Gasteiger partial charge in [-0.1, -0.05) is 6.07 Å². The zero-order chi connectivity index (χ0) is 15.7. The van der Waals surface area contributed by atoms with Crippen molar-refractivity contribution in [2.45, 2.75) is 32.7 Å². The number of carbonyl (C=O) groups excluding carboxylic acids is 2. The summed E-state index contributed by atoms with van der Waals surface area (Å²) >= 11 is 0. The van der Waals surface area contributed by atoms with Gasteiger partial charge in [-0.05, 0) is 38.5 Å². The van der Waals surface area contributed by atoms with E-state index in [9.17, 15) is 9.59 Å². The number of aryl methyl sites for hydroxylation is 1. The summed E-state index contributed by atoms with van der Waals surface area (Å²) in [4.78, 5) is 29.8. The van der Waals surface area contributed by atoms with Crippen LogP contribution in [0.2, 0.25) is 0 Å². The van der Waals surface area contributed by atoms with Gasteiger partial charge in [-0.2, -0.15) is 0 Å². The van der Waals surface area contributed by atoms with E-state index in [0.717, 1.165) is 12.1 Å². The highest BCUT2D eigenvalue weighted by Gasteiger charge is 2.28. The fraction of sp³-hybridized carbons (Fsp3) is 0.312. The minimum Gasteiger partial charge on any atom is -0.448 e. The second-order valence-corrected chi connectivity index (χ2v) is 5.41. The molecule has 1 aliphatic rings. The van der Waals surface area contributed by atoms with Gasteiger partial charge in [0.05, 0.1) is 0 Å². The standard InChI is InChI=1S/C16H17N3O3/c1-10-6-7-14(20)19(10)13-5-3-4-12(8-13)18-16(21)15-11(2)22-9-17-15/h3-5,8-10H,6-7H2,1-2H3,(H,18,21). The summed E-state index contributed by atoms with van der Waals surface area (Å²) in [6, 6.07) is 7.45. The Balaban J connectivity index is 1.81. The van der Waals surface area contributed by atoms with Gasteiger partial charge in [-0.3, -0.25) is 9.59 Å². The van der Waals surface area contributed by atoms with E-state index in [2.05, 4.69) is 10.3 Å². The van der Waals surface area contributed by atoms with Crippen molar-refractivity contribution in [1.29, 1.82) is 0 Å². The molecule has 1 unspecified atom stereocenters. The maximum absolute atomic E-state index is 12.1. The van der Waals surface area contributed by atoms with E-state index in [1.54, 1.807) is 24.0 Å². The molecule has 2 heterocycles. The first-order valence-corrected chi connectivity index (χ1v) is 7.20. The molecule has 22 heavy (non-hydrogen) atoms. The fourth-order valence-electron chi connectivity index (χ4n) is 2.67. The molecule has 114 valence electrons. The van der Waals surface area contributed by atoms with Gasteiger partial charge in [-0.15, -0.1) is 0 Å². The van der Waals surface area contributed by atoms with Crippen molar-refractivity contribution < 1.29 is 14.0 Å². The van der Waals surface area contributed by atoms with Crippen LogP contribution in [0.25, 0.3) is 0 Å². The van der Waals surface area contributed by atoms with Gasteiger partial charge in [0.1, 0.15) is 5.76 Å². The zero-order valence-corrected chi connectivity index (χ0v) is 12.5. The molecule has 1 saturated heterocycles. The Kier molecular flexibility index (Phi) is 3.66. The van der Waals surface area contributed by atoms with Crippen LogP contribution < -0.4 is 10.2 Å². The Labute approximate surface area is 128 Å². The first-order chi connectivity index (χ1) is 10.6. The SMILES string of the molecule is Cc1ocnc1C(=O)Nc1cccc(N2C(=O)CCC2C)c1. The van der Waals surface area contributed by atoms with Crippen LogP contribution in [0.3, 0.4) is 0 Å². The smallest absolute Gasteiger partial charge is 0.277 e. The number of aromatic nitrogens is 1. The largest absolute Gasteiger partial charge is 0.448 e. The van der Waals surface area contributed by atoms with Crippen LogP contribution in [0.5, 0.6) is 0 Å². The molecular formula is C16H17N3O3. The Morgan fingerprint density at radius 1 is 1.45 bits per heavy atom. The molecule has 1 N–H and O–H groups in total. The van der Waals surface area contributed by atoms with Crippen LogP contribution in [-0.2, 0) is 4.79 Å². The Morgan fingerprint density at radius 3 is 2.91 bits per heavy atom. The molecular weight excluding hydrogens is 282 g/mol. The van der Waals surface area contributed by atoms with Crippen molar-refractivity contribution in [3.05, 3.63) is 42.1 Å². The van der Waals surface area contributed by atoms with Crippen LogP contribution in [0.1, 0.15) is 36.0 Å². The average Bonchev–Trinajstić information content (AvgIpc) is 3.05. The lowest BCUT2D eigenvalue weighted by molar-refractivity contribution is -0.117. The predicted molar refractivity (Wildman–Crippen MR) is 81.8 cm³/mol. The quantitative estimate of drug-likeness (QED) is 0.945. The van der Waals surface area contributed by atoms with Crippen molar-refractivity contribution in [1.82, 2.24) is 4.98 Å². The van der Waals surface area contributed by atoms with Crippen LogP contribution in [-0.4, -0.2) is 22.8 Å². The molecule has 3 rings (SSSR count). The number of rotatable bonds is 3. The van der Waals surface area contributed by atoms with Gasteiger partial charge in [0.15, 0.2) is 12.1 Å². The number of amides is 2. The van der Waals surface area contributed by atoms with Gasteiger partial charge in [0.25, 0.3) is 5.91 Å². The third kappa shape index (κ3) is 2.59. The van der Waals surface area contributed by atoms with E-state index in [-0.39, 0.29) is 23.6 Å². The number of hydrogen-bond donors (Lipinski definition) is 1. The molecule has 6 heteroatoms. The summed E-state index contributed by atoms with van der Waals surface area (Å²) < 4.78 is 5.03. The Morgan fingerprint density at radius 2 is 2.27 bits per heavy atom. The van der Waals surface area contributed by atoms with E-state index in [0.29, 0.717) is 17.9 Å². The Bertz CT molecular complexity index is 723. The van der Waals surface area contributed by atoms with E-state index >= 15 is 0 Å². The van der Waals surface area contributed by atoms with Crippen LogP contribution in [0.4, 0.5) is 11.4 Å². The molecule has 0 aliphatic carbocycles. The maximum atomic E-state index is 12.1. The van der Waals surface area contributed by atoms with E-state index in [1.807, 2.05) is 19.1 Å². The first kappa shape index (κ1) is 14.3. The number of oxazole rings is 1. The van der Waals surface area contributed by atoms with Crippen molar-refractivity contribution in [2.24, 2.45) is 0 Å². The molecule has 1 atom stereocenters. The summed E-state index contributed by atoms with van der Waals surface area (Å²) in [5.74, 6) is 0.254. The predicted octanol–water partition coefficient (Wildman–Crippen LogP) is 2.75. The van der Waals surface area contributed by atoms with Crippen molar-refractivity contribution in [2.75, 3.05) is 10.2 Å². The van der Waals surface area contributed by atoms with Gasteiger partial charge in [0, 0.05) is 23.8 Å². The molecule has 6 nitrogen and oxygen atoms in total. The molecule has 0 saturated carbocycles. The van der Waals surface area contributed by atoms with Crippen LogP contribution in [0.15, 0.2) is 35.1 Å². The fourth-order valence-corrected chi connectivity index (χ4v) is 2.67. The second kappa shape index (κ2) is 5.63. The van der Waals surface area contributed by atoms with Crippen molar-refractivity contribution >= 4 is 23.2 Å². The van der Waals surface area contributed by atoms with E-state index < -0.39 is 0 Å². The molecule has 0 bridgehead atoms. The minimum atomic E-state index is -0.329. The number of carbonyl (C=O) groups is 2. The minimum absolute atomic E-state index is 0.114. The van der Waals surface area contributed by atoms with E-state index in [1.165, 1.54) is 6.39 Å². The molecule has 2 aromatic rings. The summed E-state index contributed by atoms with van der Waals surface area (Å²) in [7, 11) is 0. The number of benzene rings is 1. The highest BCUT2D eigenvalue weighted by Crippen LogP contribution is 2.28.